The van der Waals surface area contributed by atoms with Gasteiger partial charge in [-0.05, 0) is 18.6 Å². The first-order chi connectivity index (χ1) is 10.7. The number of carboxylic acid groups (broad SMARTS) is 1. The third-order valence-corrected chi connectivity index (χ3v) is 3.68. The zero-order valence-electron chi connectivity index (χ0n) is 12.1. The number of carbonyl (C=O) groups is 1. The van der Waals surface area contributed by atoms with Crippen molar-refractivity contribution >= 4 is 5.97 Å². The van der Waals surface area contributed by atoms with E-state index >= 15 is 0 Å². The number of hydrogen-bond donors (Lipinski definition) is 1. The molecule has 1 unspecified atom stereocenters. The number of aromatic carboxylic acids is 1. The van der Waals surface area contributed by atoms with Crippen molar-refractivity contribution in [1.29, 1.82) is 0 Å². The Balaban J connectivity index is 1.83. The van der Waals surface area contributed by atoms with Crippen LogP contribution in [0.1, 0.15) is 16.8 Å². The predicted molar refractivity (Wildman–Crippen MR) is 81.1 cm³/mol. The topological polar surface area (TPSA) is 68.7 Å². The normalized spacial score (nSPS) is 17.4. The maximum Gasteiger partial charge on any atom is 0.337 e. The molecule has 2 aromatic rings. The molecule has 0 aliphatic carbocycles. The van der Waals surface area contributed by atoms with Crippen LogP contribution in [0, 0.1) is 5.92 Å². The van der Waals surface area contributed by atoms with Crippen LogP contribution in [0.2, 0.25) is 0 Å². The standard InChI is InChI=1S/C17H17NO4/c19-17(20)14-7-13(8-18-9-14)15-3-1-2-4-16(15)22-11-12-5-6-21-10-12/h1-4,7-9,12H,5-6,10-11H2,(H,19,20). The molecule has 5 heteroatoms. The summed E-state index contributed by atoms with van der Waals surface area (Å²) in [6, 6.07) is 9.20. The molecule has 0 bridgehead atoms. The van der Waals surface area contributed by atoms with Gasteiger partial charge in [0.05, 0.1) is 18.8 Å². The van der Waals surface area contributed by atoms with Crippen molar-refractivity contribution in [3.8, 4) is 16.9 Å². The molecule has 0 radical (unpaired) electrons. The highest BCUT2D eigenvalue weighted by molar-refractivity contribution is 5.89. The van der Waals surface area contributed by atoms with E-state index in [2.05, 4.69) is 4.98 Å². The van der Waals surface area contributed by atoms with Gasteiger partial charge in [-0.1, -0.05) is 18.2 Å². The zero-order valence-corrected chi connectivity index (χ0v) is 12.1. The van der Waals surface area contributed by atoms with Crippen LogP contribution >= 0.6 is 0 Å². The minimum atomic E-state index is -0.990. The molecule has 1 N–H and O–H groups in total. The van der Waals surface area contributed by atoms with E-state index in [-0.39, 0.29) is 5.56 Å². The fourth-order valence-electron chi connectivity index (χ4n) is 2.46. The van der Waals surface area contributed by atoms with E-state index in [0.717, 1.165) is 36.5 Å². The first-order valence-corrected chi connectivity index (χ1v) is 7.22. The lowest BCUT2D eigenvalue weighted by Gasteiger charge is -2.14. The summed E-state index contributed by atoms with van der Waals surface area (Å²) in [5.41, 5.74) is 1.74. The van der Waals surface area contributed by atoms with Crippen molar-refractivity contribution in [2.24, 2.45) is 5.92 Å². The molecule has 0 amide bonds. The predicted octanol–water partition coefficient (Wildman–Crippen LogP) is 2.86. The first-order valence-electron chi connectivity index (χ1n) is 7.22. The summed E-state index contributed by atoms with van der Waals surface area (Å²) < 4.78 is 11.3. The van der Waals surface area contributed by atoms with Gasteiger partial charge in [-0.3, -0.25) is 4.98 Å². The Labute approximate surface area is 128 Å². The molecule has 1 atom stereocenters. The third kappa shape index (κ3) is 3.26. The molecule has 0 saturated carbocycles. The number of aromatic nitrogens is 1. The van der Waals surface area contributed by atoms with Gasteiger partial charge < -0.3 is 14.6 Å². The highest BCUT2D eigenvalue weighted by Gasteiger charge is 2.17. The first kappa shape index (κ1) is 14.5. The van der Waals surface area contributed by atoms with E-state index in [1.165, 1.54) is 6.20 Å². The van der Waals surface area contributed by atoms with Crippen molar-refractivity contribution < 1.29 is 19.4 Å². The summed E-state index contributed by atoms with van der Waals surface area (Å²) in [4.78, 5) is 15.1. The average molecular weight is 299 g/mol. The number of pyridine rings is 1. The lowest BCUT2D eigenvalue weighted by Crippen LogP contribution is -2.12. The molecular formula is C17H17NO4. The molecule has 114 valence electrons. The highest BCUT2D eigenvalue weighted by atomic mass is 16.5. The summed E-state index contributed by atoms with van der Waals surface area (Å²) in [7, 11) is 0. The molecule has 1 aliphatic heterocycles. The Bertz CT molecular complexity index is 665. The van der Waals surface area contributed by atoms with Crippen LogP contribution in [0.3, 0.4) is 0 Å². The van der Waals surface area contributed by atoms with E-state index in [0.29, 0.717) is 12.5 Å². The molecule has 5 nitrogen and oxygen atoms in total. The molecule has 1 aromatic heterocycles. The molecule has 1 aromatic carbocycles. The van der Waals surface area contributed by atoms with Gasteiger partial charge in [0.2, 0.25) is 0 Å². The lowest BCUT2D eigenvalue weighted by atomic mass is 10.0. The molecule has 2 heterocycles. The monoisotopic (exact) mass is 299 g/mol. The van der Waals surface area contributed by atoms with Crippen LogP contribution in [0.15, 0.2) is 42.7 Å². The number of carboxylic acids is 1. The number of ether oxygens (including phenoxy) is 2. The van der Waals surface area contributed by atoms with Crippen LogP contribution in [-0.2, 0) is 4.74 Å². The van der Waals surface area contributed by atoms with E-state index in [1.807, 2.05) is 24.3 Å². The maximum absolute atomic E-state index is 11.1. The van der Waals surface area contributed by atoms with E-state index in [9.17, 15) is 4.79 Å². The van der Waals surface area contributed by atoms with E-state index < -0.39 is 5.97 Å². The number of nitrogens with zero attached hydrogens (tertiary/aromatic N) is 1. The van der Waals surface area contributed by atoms with Gasteiger partial charge in [-0.15, -0.1) is 0 Å². The fourth-order valence-corrected chi connectivity index (χ4v) is 2.46. The zero-order chi connectivity index (χ0) is 15.4. The molecule has 22 heavy (non-hydrogen) atoms. The fraction of sp³-hybridized carbons (Fsp3) is 0.294. The number of para-hydroxylation sites is 1. The molecule has 1 aliphatic rings. The maximum atomic E-state index is 11.1. The number of benzene rings is 1. The largest absolute Gasteiger partial charge is 0.493 e. The lowest BCUT2D eigenvalue weighted by molar-refractivity contribution is 0.0696. The quantitative estimate of drug-likeness (QED) is 0.919. The second-order valence-electron chi connectivity index (χ2n) is 5.30. The summed E-state index contributed by atoms with van der Waals surface area (Å²) in [5.74, 6) is 0.158. The van der Waals surface area contributed by atoms with Crippen molar-refractivity contribution in [3.05, 3.63) is 48.3 Å². The Hall–Kier alpha value is -2.40. The van der Waals surface area contributed by atoms with Crippen LogP contribution in [0.4, 0.5) is 0 Å². The van der Waals surface area contributed by atoms with Gasteiger partial charge >= 0.3 is 5.97 Å². The number of hydrogen-bond acceptors (Lipinski definition) is 4. The van der Waals surface area contributed by atoms with Crippen LogP contribution in [0.5, 0.6) is 5.75 Å². The van der Waals surface area contributed by atoms with E-state index in [1.54, 1.807) is 12.3 Å². The SMILES string of the molecule is O=C(O)c1cncc(-c2ccccc2OCC2CCOC2)c1. The van der Waals surface area contributed by atoms with Gasteiger partial charge in [0.25, 0.3) is 0 Å². The van der Waals surface area contributed by atoms with Crippen molar-refractivity contribution in [1.82, 2.24) is 4.98 Å². The van der Waals surface area contributed by atoms with Crippen LogP contribution in [-0.4, -0.2) is 35.9 Å². The minimum Gasteiger partial charge on any atom is -0.493 e. The second kappa shape index (κ2) is 6.58. The summed E-state index contributed by atoms with van der Waals surface area (Å²) in [6.07, 6.45) is 4.00. The van der Waals surface area contributed by atoms with Gasteiger partial charge in [0.15, 0.2) is 0 Å². The van der Waals surface area contributed by atoms with Gasteiger partial charge in [-0.25, -0.2) is 4.79 Å². The smallest absolute Gasteiger partial charge is 0.337 e. The summed E-state index contributed by atoms with van der Waals surface area (Å²) in [5, 5.41) is 9.09. The minimum absolute atomic E-state index is 0.163. The Morgan fingerprint density at radius 2 is 2.23 bits per heavy atom. The summed E-state index contributed by atoms with van der Waals surface area (Å²) in [6.45, 7) is 2.13. The van der Waals surface area contributed by atoms with Crippen LogP contribution < -0.4 is 4.74 Å². The average Bonchev–Trinajstić information content (AvgIpc) is 3.07. The third-order valence-electron chi connectivity index (χ3n) is 3.68. The summed E-state index contributed by atoms with van der Waals surface area (Å²) >= 11 is 0. The van der Waals surface area contributed by atoms with Gasteiger partial charge in [0.1, 0.15) is 5.75 Å². The Morgan fingerprint density at radius 1 is 1.36 bits per heavy atom. The molecule has 1 fully saturated rings. The van der Waals surface area contributed by atoms with Gasteiger partial charge in [0, 0.05) is 36.0 Å². The van der Waals surface area contributed by atoms with Crippen molar-refractivity contribution in [2.45, 2.75) is 6.42 Å². The van der Waals surface area contributed by atoms with Crippen molar-refractivity contribution in [3.63, 3.8) is 0 Å². The molecule has 1 saturated heterocycles. The molecule has 0 spiro atoms. The van der Waals surface area contributed by atoms with Crippen LogP contribution in [0.25, 0.3) is 11.1 Å². The van der Waals surface area contributed by atoms with E-state index in [4.69, 9.17) is 14.6 Å². The van der Waals surface area contributed by atoms with Crippen molar-refractivity contribution in [2.75, 3.05) is 19.8 Å². The molecular weight excluding hydrogens is 282 g/mol. The Morgan fingerprint density at radius 3 is 3.00 bits per heavy atom. The Kier molecular flexibility index (Phi) is 4.34. The highest BCUT2D eigenvalue weighted by Crippen LogP contribution is 2.30. The number of rotatable bonds is 5. The molecule has 3 rings (SSSR count). The van der Waals surface area contributed by atoms with Gasteiger partial charge in [-0.2, -0.15) is 0 Å². The second-order valence-corrected chi connectivity index (χ2v) is 5.30.